The molecule has 5 heteroatoms. The maximum atomic E-state index is 11.4. The summed E-state index contributed by atoms with van der Waals surface area (Å²) in [5.74, 6) is 0.662. The maximum Gasteiger partial charge on any atom is 0.233 e. The van der Waals surface area contributed by atoms with Crippen molar-refractivity contribution in [2.24, 2.45) is 0 Å². The molecule has 0 aliphatic carbocycles. The molecule has 0 aliphatic heterocycles. The van der Waals surface area contributed by atoms with Gasteiger partial charge in [0.1, 0.15) is 11.8 Å². The zero-order valence-corrected chi connectivity index (χ0v) is 11.1. The van der Waals surface area contributed by atoms with Crippen LogP contribution in [0.2, 0.25) is 0 Å². The average Bonchev–Trinajstić information content (AvgIpc) is 2.43. The lowest BCUT2D eigenvalue weighted by Gasteiger charge is -2.07. The van der Waals surface area contributed by atoms with Crippen LogP contribution in [0.15, 0.2) is 24.3 Å². The lowest BCUT2D eigenvalue weighted by atomic mass is 10.2. The first kappa shape index (κ1) is 15.0. The van der Waals surface area contributed by atoms with E-state index in [-0.39, 0.29) is 12.5 Å². The number of nitrogens with one attached hydrogen (secondary N) is 2. The van der Waals surface area contributed by atoms with Gasteiger partial charge in [-0.15, -0.1) is 0 Å². The van der Waals surface area contributed by atoms with Crippen LogP contribution < -0.4 is 15.4 Å². The van der Waals surface area contributed by atoms with Crippen molar-refractivity contribution in [3.05, 3.63) is 29.8 Å². The fourth-order valence-corrected chi connectivity index (χ4v) is 1.51. The van der Waals surface area contributed by atoms with Gasteiger partial charge in [0.15, 0.2) is 6.61 Å². The fraction of sp³-hybridized carbons (Fsp3) is 0.429. The minimum Gasteiger partial charge on any atom is -0.479 e. The van der Waals surface area contributed by atoms with Gasteiger partial charge >= 0.3 is 0 Å². The minimum absolute atomic E-state index is 0.00117. The Morgan fingerprint density at radius 3 is 3.05 bits per heavy atom. The molecule has 0 atom stereocenters. The molecule has 5 nitrogen and oxygen atoms in total. The molecule has 0 saturated carbocycles. The van der Waals surface area contributed by atoms with Crippen LogP contribution >= 0.6 is 0 Å². The number of ether oxygens (including phenoxy) is 1. The summed E-state index contributed by atoms with van der Waals surface area (Å²) in [7, 11) is 0. The third-order valence-electron chi connectivity index (χ3n) is 2.39. The molecular weight excluding hydrogens is 242 g/mol. The second-order valence-corrected chi connectivity index (χ2v) is 4.05. The average molecular weight is 261 g/mol. The zero-order chi connectivity index (χ0) is 13.9. The van der Waals surface area contributed by atoms with E-state index in [1.807, 2.05) is 31.2 Å². The summed E-state index contributed by atoms with van der Waals surface area (Å²) in [6.07, 6.45) is 0.935. The van der Waals surface area contributed by atoms with Gasteiger partial charge < -0.3 is 15.4 Å². The second-order valence-electron chi connectivity index (χ2n) is 4.05. The van der Waals surface area contributed by atoms with E-state index in [1.54, 1.807) is 6.07 Å². The molecule has 0 bridgehead atoms. The van der Waals surface area contributed by atoms with Gasteiger partial charge in [-0.2, -0.15) is 5.26 Å². The Bertz CT molecular complexity index is 441. The maximum absolute atomic E-state index is 11.4. The SMILES string of the molecule is CCCNC(=O)CNCc1cccc(OCC#N)c1. The topological polar surface area (TPSA) is 74.2 Å². The van der Waals surface area contributed by atoms with E-state index in [0.29, 0.717) is 25.4 Å². The Balaban J connectivity index is 2.33. The number of hydrogen-bond donors (Lipinski definition) is 2. The lowest BCUT2D eigenvalue weighted by molar-refractivity contribution is -0.120. The van der Waals surface area contributed by atoms with Crippen LogP contribution in [0.25, 0.3) is 0 Å². The largest absolute Gasteiger partial charge is 0.479 e. The highest BCUT2D eigenvalue weighted by molar-refractivity contribution is 5.77. The zero-order valence-electron chi connectivity index (χ0n) is 11.1. The first-order chi connectivity index (χ1) is 9.26. The Labute approximate surface area is 113 Å². The van der Waals surface area contributed by atoms with Gasteiger partial charge in [0.25, 0.3) is 0 Å². The molecule has 0 aromatic heterocycles. The van der Waals surface area contributed by atoms with Crippen molar-refractivity contribution >= 4 is 5.91 Å². The van der Waals surface area contributed by atoms with Gasteiger partial charge in [-0.1, -0.05) is 19.1 Å². The van der Waals surface area contributed by atoms with E-state index in [2.05, 4.69) is 10.6 Å². The number of nitriles is 1. The third kappa shape index (κ3) is 6.43. The van der Waals surface area contributed by atoms with Gasteiger partial charge in [-0.3, -0.25) is 4.79 Å². The summed E-state index contributed by atoms with van der Waals surface area (Å²) < 4.78 is 5.21. The molecule has 0 spiro atoms. The normalized spacial score (nSPS) is 9.68. The summed E-state index contributed by atoms with van der Waals surface area (Å²) in [6, 6.07) is 9.38. The van der Waals surface area contributed by atoms with Crippen molar-refractivity contribution in [3.63, 3.8) is 0 Å². The molecule has 0 saturated heterocycles. The molecule has 0 unspecified atom stereocenters. The smallest absolute Gasteiger partial charge is 0.233 e. The number of amides is 1. The summed E-state index contributed by atoms with van der Waals surface area (Å²) >= 11 is 0. The highest BCUT2D eigenvalue weighted by atomic mass is 16.5. The predicted octanol–water partition coefficient (Wildman–Crippen LogP) is 1.20. The van der Waals surface area contributed by atoms with E-state index in [1.165, 1.54) is 0 Å². The number of carbonyl (C=O) groups excluding carboxylic acids is 1. The summed E-state index contributed by atoms with van der Waals surface area (Å²) in [5, 5.41) is 14.3. The van der Waals surface area contributed by atoms with Gasteiger partial charge in [-0.05, 0) is 24.1 Å². The van der Waals surface area contributed by atoms with Crippen molar-refractivity contribution in [2.75, 3.05) is 19.7 Å². The third-order valence-corrected chi connectivity index (χ3v) is 2.39. The first-order valence-electron chi connectivity index (χ1n) is 6.32. The summed E-state index contributed by atoms with van der Waals surface area (Å²) in [4.78, 5) is 11.4. The Hall–Kier alpha value is -2.06. The van der Waals surface area contributed by atoms with Gasteiger partial charge in [0, 0.05) is 13.1 Å². The van der Waals surface area contributed by atoms with Crippen LogP contribution in [-0.2, 0) is 11.3 Å². The highest BCUT2D eigenvalue weighted by Gasteiger charge is 2.00. The standard InChI is InChI=1S/C14H19N3O2/c1-2-7-17-14(18)11-16-10-12-4-3-5-13(9-12)19-8-6-15/h3-5,9,16H,2,7-8,10-11H2,1H3,(H,17,18). The molecule has 0 aliphatic rings. The van der Waals surface area contributed by atoms with E-state index < -0.39 is 0 Å². The molecule has 2 N–H and O–H groups in total. The highest BCUT2D eigenvalue weighted by Crippen LogP contribution is 2.12. The van der Waals surface area contributed by atoms with Crippen molar-refractivity contribution < 1.29 is 9.53 Å². The van der Waals surface area contributed by atoms with Crippen molar-refractivity contribution in [3.8, 4) is 11.8 Å². The minimum atomic E-state index is -0.00117. The van der Waals surface area contributed by atoms with Crippen molar-refractivity contribution in [1.82, 2.24) is 10.6 Å². The summed E-state index contributed by atoms with van der Waals surface area (Å²) in [6.45, 7) is 3.64. The lowest BCUT2D eigenvalue weighted by Crippen LogP contribution is -2.33. The number of nitrogens with zero attached hydrogens (tertiary/aromatic N) is 1. The molecule has 19 heavy (non-hydrogen) atoms. The molecule has 102 valence electrons. The van der Waals surface area contributed by atoms with Crippen LogP contribution in [0.5, 0.6) is 5.75 Å². The molecule has 1 rings (SSSR count). The fourth-order valence-electron chi connectivity index (χ4n) is 1.51. The van der Waals surface area contributed by atoms with Crippen LogP contribution in [-0.4, -0.2) is 25.6 Å². The molecule has 0 radical (unpaired) electrons. The van der Waals surface area contributed by atoms with Gasteiger partial charge in [0.05, 0.1) is 6.54 Å². The molecular formula is C14H19N3O2. The van der Waals surface area contributed by atoms with Gasteiger partial charge in [0.2, 0.25) is 5.91 Å². The van der Waals surface area contributed by atoms with E-state index in [4.69, 9.17) is 10.00 Å². The van der Waals surface area contributed by atoms with Gasteiger partial charge in [-0.25, -0.2) is 0 Å². The monoisotopic (exact) mass is 261 g/mol. The number of benzene rings is 1. The van der Waals surface area contributed by atoms with Crippen molar-refractivity contribution in [2.45, 2.75) is 19.9 Å². The Morgan fingerprint density at radius 1 is 1.47 bits per heavy atom. The van der Waals surface area contributed by atoms with Crippen LogP contribution in [0, 0.1) is 11.3 Å². The Kier molecular flexibility index (Phi) is 7.06. The molecule has 1 amide bonds. The number of rotatable bonds is 8. The quantitative estimate of drug-likeness (QED) is 0.737. The first-order valence-corrected chi connectivity index (χ1v) is 6.32. The van der Waals surface area contributed by atoms with E-state index >= 15 is 0 Å². The predicted molar refractivity (Wildman–Crippen MR) is 72.6 cm³/mol. The number of hydrogen-bond acceptors (Lipinski definition) is 4. The van der Waals surface area contributed by atoms with E-state index in [0.717, 1.165) is 12.0 Å². The second kappa shape index (κ2) is 8.95. The molecule has 1 aromatic carbocycles. The van der Waals surface area contributed by atoms with Crippen molar-refractivity contribution in [1.29, 1.82) is 5.26 Å². The van der Waals surface area contributed by atoms with Crippen LogP contribution in [0.1, 0.15) is 18.9 Å². The van der Waals surface area contributed by atoms with Crippen LogP contribution in [0.3, 0.4) is 0 Å². The van der Waals surface area contributed by atoms with E-state index in [9.17, 15) is 4.79 Å². The Morgan fingerprint density at radius 2 is 2.32 bits per heavy atom. The number of carbonyl (C=O) groups is 1. The summed E-state index contributed by atoms with van der Waals surface area (Å²) in [5.41, 5.74) is 1.01. The molecule has 0 fully saturated rings. The molecule has 0 heterocycles. The van der Waals surface area contributed by atoms with Crippen LogP contribution in [0.4, 0.5) is 0 Å². The molecule has 1 aromatic rings.